The van der Waals surface area contributed by atoms with Crippen LogP contribution in [-0.2, 0) is 9.59 Å². The number of halogens is 1. The monoisotopic (exact) mass is 280 g/mol. The summed E-state index contributed by atoms with van der Waals surface area (Å²) in [6.07, 6.45) is 2.09. The molecule has 2 amide bonds. The molecule has 102 valence electrons. The van der Waals surface area contributed by atoms with Crippen molar-refractivity contribution in [2.24, 2.45) is 5.41 Å². The Balaban J connectivity index is 1.99. The zero-order valence-electron chi connectivity index (χ0n) is 10.8. The Morgan fingerprint density at radius 1 is 1.21 bits per heavy atom. The number of nitrogens with one attached hydrogen (secondary N) is 2. The average Bonchev–Trinajstić information content (AvgIpc) is 3.20. The van der Waals surface area contributed by atoms with Crippen molar-refractivity contribution in [3.63, 3.8) is 0 Å². The largest absolute Gasteiger partial charge is 0.355 e. The highest BCUT2D eigenvalue weighted by Gasteiger charge is 2.56. The van der Waals surface area contributed by atoms with Gasteiger partial charge in [0, 0.05) is 17.3 Å². The fraction of sp³-hybridized carbons (Fsp3) is 0.429. The number of carbonyl (C=O) groups excluding carboxylic acids is 2. The van der Waals surface area contributed by atoms with Crippen LogP contribution in [0.5, 0.6) is 0 Å². The third-order valence-corrected chi connectivity index (χ3v) is 3.51. The van der Waals surface area contributed by atoms with Crippen LogP contribution in [0, 0.1) is 5.41 Å². The molecule has 1 saturated carbocycles. The summed E-state index contributed by atoms with van der Waals surface area (Å²) in [6.45, 7) is 2.59. The van der Waals surface area contributed by atoms with Crippen LogP contribution < -0.4 is 10.6 Å². The Hall–Kier alpha value is -1.55. The number of anilines is 1. The van der Waals surface area contributed by atoms with Gasteiger partial charge in [-0.3, -0.25) is 9.59 Å². The van der Waals surface area contributed by atoms with E-state index < -0.39 is 5.41 Å². The lowest BCUT2D eigenvalue weighted by Crippen LogP contribution is -2.40. The van der Waals surface area contributed by atoms with Gasteiger partial charge in [0.2, 0.25) is 11.8 Å². The lowest BCUT2D eigenvalue weighted by molar-refractivity contribution is -0.134. The summed E-state index contributed by atoms with van der Waals surface area (Å²) < 4.78 is 0. The summed E-state index contributed by atoms with van der Waals surface area (Å²) in [5, 5.41) is 6.17. The summed E-state index contributed by atoms with van der Waals surface area (Å²) in [4.78, 5) is 24.2. The SMILES string of the molecule is CCCNC(=O)C1(C(=O)Nc2ccc(Cl)cc2)CC1. The molecule has 19 heavy (non-hydrogen) atoms. The first kappa shape index (κ1) is 13.9. The van der Waals surface area contributed by atoms with Crippen molar-refractivity contribution in [3.05, 3.63) is 29.3 Å². The molecule has 0 aromatic heterocycles. The van der Waals surface area contributed by atoms with Crippen LogP contribution in [0.15, 0.2) is 24.3 Å². The molecule has 2 rings (SSSR count). The maximum atomic E-state index is 12.2. The van der Waals surface area contributed by atoms with Crippen molar-refractivity contribution < 1.29 is 9.59 Å². The van der Waals surface area contributed by atoms with Crippen LogP contribution in [0.3, 0.4) is 0 Å². The molecule has 2 N–H and O–H groups in total. The van der Waals surface area contributed by atoms with Crippen LogP contribution in [0.4, 0.5) is 5.69 Å². The number of rotatable bonds is 5. The topological polar surface area (TPSA) is 58.2 Å². The van der Waals surface area contributed by atoms with Crippen LogP contribution in [0.25, 0.3) is 0 Å². The average molecular weight is 281 g/mol. The smallest absolute Gasteiger partial charge is 0.240 e. The Bertz CT molecular complexity index is 481. The van der Waals surface area contributed by atoms with Gasteiger partial charge >= 0.3 is 0 Å². The van der Waals surface area contributed by atoms with Crippen molar-refractivity contribution in [2.75, 3.05) is 11.9 Å². The lowest BCUT2D eigenvalue weighted by atomic mass is 10.0. The molecule has 1 fully saturated rings. The van der Waals surface area contributed by atoms with Crippen molar-refractivity contribution in [3.8, 4) is 0 Å². The minimum atomic E-state index is -0.866. The van der Waals surface area contributed by atoms with Crippen LogP contribution in [0.2, 0.25) is 5.02 Å². The molecule has 0 heterocycles. The molecule has 0 aliphatic heterocycles. The van der Waals surface area contributed by atoms with E-state index in [-0.39, 0.29) is 11.8 Å². The van der Waals surface area contributed by atoms with Crippen LogP contribution in [-0.4, -0.2) is 18.4 Å². The van der Waals surface area contributed by atoms with E-state index in [1.165, 1.54) is 0 Å². The first-order valence-electron chi connectivity index (χ1n) is 6.44. The van der Waals surface area contributed by atoms with Crippen molar-refractivity contribution in [1.82, 2.24) is 5.32 Å². The van der Waals surface area contributed by atoms with E-state index >= 15 is 0 Å². The van der Waals surface area contributed by atoms with E-state index in [1.807, 2.05) is 6.92 Å². The van der Waals surface area contributed by atoms with E-state index in [0.29, 0.717) is 30.1 Å². The first-order chi connectivity index (χ1) is 9.08. The normalized spacial score (nSPS) is 15.7. The Labute approximate surface area is 117 Å². The van der Waals surface area contributed by atoms with Crippen molar-refractivity contribution in [2.45, 2.75) is 26.2 Å². The Kier molecular flexibility index (Phi) is 4.10. The molecular weight excluding hydrogens is 264 g/mol. The van der Waals surface area contributed by atoms with Gasteiger partial charge in [0.25, 0.3) is 0 Å². The quantitative estimate of drug-likeness (QED) is 0.815. The van der Waals surface area contributed by atoms with Gasteiger partial charge in [-0.25, -0.2) is 0 Å². The molecule has 1 aromatic carbocycles. The van der Waals surface area contributed by atoms with E-state index in [9.17, 15) is 9.59 Å². The third kappa shape index (κ3) is 3.07. The lowest BCUT2D eigenvalue weighted by Gasteiger charge is -2.15. The molecule has 0 radical (unpaired) electrons. The predicted molar refractivity (Wildman–Crippen MR) is 75.0 cm³/mol. The maximum Gasteiger partial charge on any atom is 0.240 e. The fourth-order valence-corrected chi connectivity index (χ4v) is 2.00. The van der Waals surface area contributed by atoms with Crippen LogP contribution >= 0.6 is 11.6 Å². The van der Waals surface area contributed by atoms with E-state index in [0.717, 1.165) is 6.42 Å². The Morgan fingerprint density at radius 2 is 1.84 bits per heavy atom. The van der Waals surface area contributed by atoms with Gasteiger partial charge < -0.3 is 10.6 Å². The number of hydrogen-bond donors (Lipinski definition) is 2. The number of benzene rings is 1. The summed E-state index contributed by atoms with van der Waals surface area (Å²) in [5.41, 5.74) is -0.210. The maximum absolute atomic E-state index is 12.2. The second-order valence-electron chi connectivity index (χ2n) is 4.80. The highest BCUT2D eigenvalue weighted by molar-refractivity contribution is 6.30. The minimum absolute atomic E-state index is 0.166. The fourth-order valence-electron chi connectivity index (χ4n) is 1.87. The van der Waals surface area contributed by atoms with Gasteiger partial charge in [0.1, 0.15) is 5.41 Å². The van der Waals surface area contributed by atoms with E-state index in [4.69, 9.17) is 11.6 Å². The summed E-state index contributed by atoms with van der Waals surface area (Å²) >= 11 is 5.78. The third-order valence-electron chi connectivity index (χ3n) is 3.26. The van der Waals surface area contributed by atoms with Gasteiger partial charge in [-0.05, 0) is 43.5 Å². The van der Waals surface area contributed by atoms with Crippen LogP contribution in [0.1, 0.15) is 26.2 Å². The molecule has 1 aliphatic rings. The molecule has 1 aliphatic carbocycles. The molecule has 4 nitrogen and oxygen atoms in total. The standard InChI is InChI=1S/C14H17ClN2O2/c1-2-9-16-12(18)14(7-8-14)13(19)17-11-5-3-10(15)4-6-11/h3-6H,2,7-9H2,1H3,(H,16,18)(H,17,19). The number of amides is 2. The van der Waals surface area contributed by atoms with E-state index in [2.05, 4.69) is 10.6 Å². The molecule has 1 aromatic rings. The number of carbonyl (C=O) groups is 2. The molecule has 0 saturated heterocycles. The first-order valence-corrected chi connectivity index (χ1v) is 6.81. The highest BCUT2D eigenvalue weighted by atomic mass is 35.5. The zero-order valence-corrected chi connectivity index (χ0v) is 11.6. The highest BCUT2D eigenvalue weighted by Crippen LogP contribution is 2.46. The summed E-state index contributed by atoms with van der Waals surface area (Å²) in [6, 6.07) is 6.85. The molecule has 0 unspecified atom stereocenters. The zero-order chi connectivity index (χ0) is 13.9. The predicted octanol–water partition coefficient (Wildman–Crippen LogP) is 2.58. The minimum Gasteiger partial charge on any atom is -0.355 e. The summed E-state index contributed by atoms with van der Waals surface area (Å²) in [7, 11) is 0. The van der Waals surface area contributed by atoms with Gasteiger partial charge in [0.15, 0.2) is 0 Å². The van der Waals surface area contributed by atoms with Gasteiger partial charge in [-0.1, -0.05) is 18.5 Å². The molecule has 0 bridgehead atoms. The molecule has 5 heteroatoms. The molecule has 0 spiro atoms. The van der Waals surface area contributed by atoms with Crippen molar-refractivity contribution >= 4 is 29.1 Å². The Morgan fingerprint density at radius 3 is 2.37 bits per heavy atom. The van der Waals surface area contributed by atoms with Gasteiger partial charge in [-0.15, -0.1) is 0 Å². The number of hydrogen-bond acceptors (Lipinski definition) is 2. The summed E-state index contributed by atoms with van der Waals surface area (Å²) in [5.74, 6) is -0.399. The van der Waals surface area contributed by atoms with E-state index in [1.54, 1.807) is 24.3 Å². The second-order valence-corrected chi connectivity index (χ2v) is 5.24. The molecule has 0 atom stereocenters. The molecular formula is C14H17ClN2O2. The van der Waals surface area contributed by atoms with Crippen molar-refractivity contribution in [1.29, 1.82) is 0 Å². The second kappa shape index (κ2) is 5.61. The van der Waals surface area contributed by atoms with Gasteiger partial charge in [0.05, 0.1) is 0 Å². The van der Waals surface area contributed by atoms with Gasteiger partial charge in [-0.2, -0.15) is 0 Å².